The first-order valence-electron chi connectivity index (χ1n) is 11.4. The maximum atomic E-state index is 12.1. The number of nitrogens with one attached hydrogen (secondary N) is 1. The molecule has 1 fully saturated rings. The van der Waals surface area contributed by atoms with E-state index < -0.39 is 11.1 Å². The van der Waals surface area contributed by atoms with Crippen LogP contribution in [0.3, 0.4) is 0 Å². The topological polar surface area (TPSA) is 85.8 Å². The molecule has 0 radical (unpaired) electrons. The largest absolute Gasteiger partial charge is 0.342 e. The Morgan fingerprint density at radius 3 is 2.94 bits per heavy atom. The SMILES string of the molecule is CCN(CCCCN1CCCNCC1=O)C(C)Cc1ccc(-c2nccs2)cc1S(=O)O. The number of hydrogen-bond acceptors (Lipinski definition) is 6. The zero-order valence-corrected chi connectivity index (χ0v) is 20.6. The number of benzene rings is 1. The van der Waals surface area contributed by atoms with Crippen LogP contribution in [0.4, 0.5) is 0 Å². The lowest BCUT2D eigenvalue weighted by molar-refractivity contribution is -0.129. The quantitative estimate of drug-likeness (QED) is 0.381. The first-order chi connectivity index (χ1) is 15.5. The fourth-order valence-corrected chi connectivity index (χ4v) is 5.44. The molecule has 3 rings (SSSR count). The zero-order chi connectivity index (χ0) is 22.9. The number of carbonyl (C=O) groups is 1. The van der Waals surface area contributed by atoms with Crippen molar-refractivity contribution < 1.29 is 13.6 Å². The number of thiazole rings is 1. The molecule has 2 atom stereocenters. The molecule has 2 heterocycles. The van der Waals surface area contributed by atoms with Crippen LogP contribution in [0, 0.1) is 0 Å². The summed E-state index contributed by atoms with van der Waals surface area (Å²) in [6, 6.07) is 5.99. The monoisotopic (exact) mass is 478 g/mol. The van der Waals surface area contributed by atoms with Crippen LogP contribution in [-0.2, 0) is 22.3 Å². The highest BCUT2D eigenvalue weighted by Gasteiger charge is 2.19. The van der Waals surface area contributed by atoms with Crippen molar-refractivity contribution in [3.8, 4) is 10.6 Å². The van der Waals surface area contributed by atoms with Gasteiger partial charge in [0.15, 0.2) is 11.1 Å². The second kappa shape index (κ2) is 12.6. The zero-order valence-electron chi connectivity index (χ0n) is 19.0. The summed E-state index contributed by atoms with van der Waals surface area (Å²) in [6.07, 6.45) is 5.48. The number of amides is 1. The third kappa shape index (κ3) is 6.92. The van der Waals surface area contributed by atoms with Gasteiger partial charge in [0.1, 0.15) is 5.01 Å². The van der Waals surface area contributed by atoms with Crippen LogP contribution >= 0.6 is 11.3 Å². The minimum Gasteiger partial charge on any atom is -0.342 e. The van der Waals surface area contributed by atoms with Gasteiger partial charge in [0.25, 0.3) is 0 Å². The first kappa shape index (κ1) is 25.0. The number of carbonyl (C=O) groups excluding carboxylic acids is 1. The van der Waals surface area contributed by atoms with Crippen molar-refractivity contribution in [1.82, 2.24) is 20.1 Å². The van der Waals surface area contributed by atoms with Crippen LogP contribution in [-0.4, -0.2) is 74.8 Å². The second-order valence-electron chi connectivity index (χ2n) is 8.21. The molecule has 9 heteroatoms. The van der Waals surface area contributed by atoms with E-state index in [1.807, 2.05) is 22.4 Å². The highest BCUT2D eigenvalue weighted by Crippen LogP contribution is 2.27. The molecule has 1 aliphatic rings. The Hall–Kier alpha value is -1.65. The summed E-state index contributed by atoms with van der Waals surface area (Å²) in [7, 11) is 0. The standard InChI is InChI=1S/C23H34N4O3S2/c1-3-26(11-4-5-12-27-13-6-9-24-17-22(27)28)18(2)15-19-7-8-20(16-21(19)32(29)30)23-25-10-14-31-23/h7-8,10,14,16,18,24H,3-6,9,11-13,15,17H2,1-2H3,(H,29,30). The first-order valence-corrected chi connectivity index (χ1v) is 13.3. The van der Waals surface area contributed by atoms with Gasteiger partial charge in [-0.3, -0.25) is 4.79 Å². The highest BCUT2D eigenvalue weighted by atomic mass is 32.2. The van der Waals surface area contributed by atoms with E-state index in [0.29, 0.717) is 17.9 Å². The van der Waals surface area contributed by atoms with Gasteiger partial charge in [0, 0.05) is 36.3 Å². The molecule has 0 spiro atoms. The second-order valence-corrected chi connectivity index (χ2v) is 10.0. The Morgan fingerprint density at radius 2 is 2.22 bits per heavy atom. The summed E-state index contributed by atoms with van der Waals surface area (Å²) in [5, 5.41) is 5.92. The van der Waals surface area contributed by atoms with Crippen LogP contribution < -0.4 is 5.32 Å². The highest BCUT2D eigenvalue weighted by molar-refractivity contribution is 7.79. The molecule has 7 nitrogen and oxygen atoms in total. The van der Waals surface area contributed by atoms with E-state index in [0.717, 1.165) is 68.1 Å². The normalized spacial score (nSPS) is 16.9. The van der Waals surface area contributed by atoms with Crippen LogP contribution in [0.15, 0.2) is 34.7 Å². The van der Waals surface area contributed by atoms with Crippen molar-refractivity contribution in [3.63, 3.8) is 0 Å². The molecular formula is C23H34N4O3S2. The number of unbranched alkanes of at least 4 members (excludes halogenated alkanes) is 1. The van der Waals surface area contributed by atoms with Crippen molar-refractivity contribution in [1.29, 1.82) is 0 Å². The van der Waals surface area contributed by atoms with Crippen LogP contribution in [0.2, 0.25) is 0 Å². The summed E-state index contributed by atoms with van der Waals surface area (Å²) in [5.74, 6) is 0.203. The van der Waals surface area contributed by atoms with Gasteiger partial charge in [-0.1, -0.05) is 19.1 Å². The van der Waals surface area contributed by atoms with Crippen molar-refractivity contribution in [2.45, 2.75) is 50.5 Å². The van der Waals surface area contributed by atoms with Crippen LogP contribution in [0.1, 0.15) is 38.7 Å². The lowest BCUT2D eigenvalue weighted by Crippen LogP contribution is -2.37. The predicted octanol–water partition coefficient (Wildman–Crippen LogP) is 3.25. The molecule has 1 aliphatic heterocycles. The summed E-state index contributed by atoms with van der Waals surface area (Å²) < 4.78 is 21.9. The summed E-state index contributed by atoms with van der Waals surface area (Å²) in [5.41, 5.74) is 1.78. The fraction of sp³-hybridized carbons (Fsp3) is 0.565. The Balaban J connectivity index is 1.55. The predicted molar refractivity (Wildman–Crippen MR) is 130 cm³/mol. The number of likely N-dealkylation sites (N-methyl/N-ethyl adjacent to an activating group) is 1. The van der Waals surface area contributed by atoms with Crippen molar-refractivity contribution in [2.75, 3.05) is 39.3 Å². The van der Waals surface area contributed by atoms with Crippen LogP contribution in [0.5, 0.6) is 0 Å². The van der Waals surface area contributed by atoms with E-state index in [1.165, 1.54) is 11.3 Å². The molecule has 1 saturated heterocycles. The lowest BCUT2D eigenvalue weighted by Gasteiger charge is -2.29. The average molecular weight is 479 g/mol. The fourth-order valence-electron chi connectivity index (χ4n) is 4.20. The molecule has 176 valence electrons. The lowest BCUT2D eigenvalue weighted by atomic mass is 10.0. The van der Waals surface area contributed by atoms with Gasteiger partial charge in [0.05, 0.1) is 11.4 Å². The van der Waals surface area contributed by atoms with E-state index in [4.69, 9.17) is 0 Å². The Kier molecular flexibility index (Phi) is 9.80. The van der Waals surface area contributed by atoms with E-state index in [-0.39, 0.29) is 11.9 Å². The molecule has 1 amide bonds. The molecule has 2 N–H and O–H groups in total. The van der Waals surface area contributed by atoms with E-state index in [9.17, 15) is 13.6 Å². The summed E-state index contributed by atoms with van der Waals surface area (Å²) in [6.45, 7) is 9.22. The van der Waals surface area contributed by atoms with Crippen molar-refractivity contribution >= 4 is 28.3 Å². The average Bonchev–Trinajstić information content (AvgIpc) is 3.24. The van der Waals surface area contributed by atoms with Crippen LogP contribution in [0.25, 0.3) is 10.6 Å². The van der Waals surface area contributed by atoms with Gasteiger partial charge in [-0.05, 0) is 63.9 Å². The van der Waals surface area contributed by atoms with Crippen molar-refractivity contribution in [3.05, 3.63) is 35.3 Å². The smallest absolute Gasteiger partial charge is 0.236 e. The van der Waals surface area contributed by atoms with Gasteiger partial charge < -0.3 is 19.7 Å². The molecule has 0 aliphatic carbocycles. The van der Waals surface area contributed by atoms with E-state index >= 15 is 0 Å². The van der Waals surface area contributed by atoms with Gasteiger partial charge >= 0.3 is 0 Å². The number of nitrogens with zero attached hydrogens (tertiary/aromatic N) is 3. The molecular weight excluding hydrogens is 444 g/mol. The summed E-state index contributed by atoms with van der Waals surface area (Å²) in [4.78, 5) is 21.3. The Morgan fingerprint density at radius 1 is 1.38 bits per heavy atom. The molecule has 1 aromatic heterocycles. The third-order valence-corrected chi connectivity index (χ3v) is 7.59. The maximum Gasteiger partial charge on any atom is 0.236 e. The minimum atomic E-state index is -2.04. The maximum absolute atomic E-state index is 12.1. The van der Waals surface area contributed by atoms with E-state index in [2.05, 4.69) is 29.0 Å². The van der Waals surface area contributed by atoms with Gasteiger partial charge in [-0.25, -0.2) is 9.19 Å². The molecule has 0 saturated carbocycles. The summed E-state index contributed by atoms with van der Waals surface area (Å²) >= 11 is -0.523. The minimum absolute atomic E-state index is 0.203. The third-order valence-electron chi connectivity index (χ3n) is 6.01. The number of hydrogen-bond donors (Lipinski definition) is 2. The van der Waals surface area contributed by atoms with Crippen molar-refractivity contribution in [2.24, 2.45) is 0 Å². The number of rotatable bonds is 11. The van der Waals surface area contributed by atoms with Gasteiger partial charge in [-0.15, -0.1) is 11.3 Å². The molecule has 2 aromatic rings. The molecule has 1 aromatic carbocycles. The Bertz CT molecular complexity index is 891. The molecule has 2 unspecified atom stereocenters. The Labute approximate surface area is 197 Å². The molecule has 0 bridgehead atoms. The van der Waals surface area contributed by atoms with Gasteiger partial charge in [0.2, 0.25) is 5.91 Å². The van der Waals surface area contributed by atoms with E-state index in [1.54, 1.807) is 12.3 Å². The molecule has 32 heavy (non-hydrogen) atoms. The van der Waals surface area contributed by atoms with Gasteiger partial charge in [-0.2, -0.15) is 0 Å². The number of aromatic nitrogens is 1.